The maximum Gasteiger partial charge on any atom is 0.227 e. The summed E-state index contributed by atoms with van der Waals surface area (Å²) in [6.07, 6.45) is 5.10. The van der Waals surface area contributed by atoms with Gasteiger partial charge in [0.2, 0.25) is 5.95 Å². The van der Waals surface area contributed by atoms with E-state index in [1.807, 2.05) is 19.3 Å². The van der Waals surface area contributed by atoms with E-state index in [1.54, 1.807) is 35.3 Å². The fourth-order valence-corrected chi connectivity index (χ4v) is 1.99. The summed E-state index contributed by atoms with van der Waals surface area (Å²) >= 11 is 5.89. The Hall–Kier alpha value is -2.98. The predicted molar refractivity (Wildman–Crippen MR) is 81.5 cm³/mol. The van der Waals surface area contributed by atoms with Gasteiger partial charge in [-0.25, -0.2) is 15.0 Å². The Morgan fingerprint density at radius 2 is 2.05 bits per heavy atom. The van der Waals surface area contributed by atoms with E-state index in [1.165, 1.54) is 0 Å². The third-order valence-corrected chi connectivity index (χ3v) is 3.14. The highest BCUT2D eigenvalue weighted by Crippen LogP contribution is 2.21. The normalized spacial score (nSPS) is 10.2. The quantitative estimate of drug-likeness (QED) is 0.799. The van der Waals surface area contributed by atoms with Crippen molar-refractivity contribution in [3.63, 3.8) is 0 Å². The molecule has 0 aliphatic carbocycles. The van der Waals surface area contributed by atoms with Gasteiger partial charge in [-0.2, -0.15) is 10.4 Å². The first kappa shape index (κ1) is 14.0. The number of anilines is 2. The van der Waals surface area contributed by atoms with Crippen LogP contribution < -0.4 is 5.32 Å². The smallest absolute Gasteiger partial charge is 0.227 e. The summed E-state index contributed by atoms with van der Waals surface area (Å²) in [6, 6.07) is 7.00. The Balaban J connectivity index is 1.92. The molecule has 108 valence electrons. The maximum absolute atomic E-state index is 8.99. The lowest BCUT2D eigenvalue weighted by atomic mass is 10.2. The molecule has 3 rings (SSSR count). The molecule has 0 fully saturated rings. The highest BCUT2D eigenvalue weighted by atomic mass is 35.5. The van der Waals surface area contributed by atoms with E-state index >= 15 is 0 Å². The lowest BCUT2D eigenvalue weighted by molar-refractivity contribution is 0.768. The average molecular weight is 312 g/mol. The Labute approximate surface area is 131 Å². The van der Waals surface area contributed by atoms with E-state index in [-0.39, 0.29) is 5.69 Å². The largest absolute Gasteiger partial charge is 0.321 e. The molecule has 3 aromatic heterocycles. The zero-order valence-corrected chi connectivity index (χ0v) is 12.3. The molecule has 0 bridgehead atoms. The molecular weight excluding hydrogens is 302 g/mol. The van der Waals surface area contributed by atoms with Gasteiger partial charge in [-0.05, 0) is 18.2 Å². The Bertz CT molecular complexity index is 866. The topological polar surface area (TPSA) is 92.3 Å². The van der Waals surface area contributed by atoms with Gasteiger partial charge >= 0.3 is 0 Å². The molecule has 8 heteroatoms. The number of nitrogens with zero attached hydrogens (tertiary/aromatic N) is 6. The molecule has 0 radical (unpaired) electrons. The molecule has 0 atom stereocenters. The number of pyridine rings is 1. The monoisotopic (exact) mass is 311 g/mol. The lowest BCUT2D eigenvalue weighted by Gasteiger charge is -2.05. The molecule has 22 heavy (non-hydrogen) atoms. The zero-order chi connectivity index (χ0) is 15.5. The number of aryl methyl sites for hydroxylation is 1. The molecule has 3 aromatic rings. The van der Waals surface area contributed by atoms with Gasteiger partial charge in [0.05, 0.1) is 28.3 Å². The minimum atomic E-state index is 0.166. The van der Waals surface area contributed by atoms with Gasteiger partial charge in [0.1, 0.15) is 6.07 Å². The third-order valence-electron chi connectivity index (χ3n) is 2.83. The number of hydrogen-bond donors (Lipinski definition) is 1. The molecule has 3 heterocycles. The van der Waals surface area contributed by atoms with E-state index in [4.69, 9.17) is 16.9 Å². The van der Waals surface area contributed by atoms with Crippen molar-refractivity contribution in [3.05, 3.63) is 47.5 Å². The van der Waals surface area contributed by atoms with Crippen molar-refractivity contribution in [1.82, 2.24) is 24.7 Å². The van der Waals surface area contributed by atoms with E-state index in [2.05, 4.69) is 25.4 Å². The summed E-state index contributed by atoms with van der Waals surface area (Å²) < 4.78 is 1.67. The first-order valence-corrected chi connectivity index (χ1v) is 6.69. The number of nitrogens with one attached hydrogen (secondary N) is 1. The van der Waals surface area contributed by atoms with Gasteiger partial charge in [0.15, 0.2) is 5.69 Å². The van der Waals surface area contributed by atoms with Crippen LogP contribution in [0.3, 0.4) is 0 Å². The van der Waals surface area contributed by atoms with Gasteiger partial charge < -0.3 is 5.32 Å². The SMILES string of the molecule is Cn1cc(Nc2nccc(-c3ccc(Cl)c(C#N)n3)n2)cn1. The Morgan fingerprint density at radius 1 is 1.23 bits per heavy atom. The van der Waals surface area contributed by atoms with Crippen LogP contribution in [0.2, 0.25) is 5.02 Å². The minimum Gasteiger partial charge on any atom is -0.321 e. The standard InChI is InChI=1S/C14H10ClN7/c1-22-8-9(7-18-22)19-14-17-5-4-12(21-14)11-3-2-10(15)13(6-16)20-11/h2-5,7-8H,1H3,(H,17,19,21). The summed E-state index contributed by atoms with van der Waals surface area (Å²) in [5.41, 5.74) is 2.09. The summed E-state index contributed by atoms with van der Waals surface area (Å²) in [5, 5.41) is 16.4. The van der Waals surface area contributed by atoms with Crippen molar-refractivity contribution in [2.24, 2.45) is 7.05 Å². The van der Waals surface area contributed by atoms with Crippen LogP contribution >= 0.6 is 11.6 Å². The van der Waals surface area contributed by atoms with Crippen molar-refractivity contribution in [2.45, 2.75) is 0 Å². The van der Waals surface area contributed by atoms with E-state index in [0.717, 1.165) is 5.69 Å². The number of rotatable bonds is 3. The first-order chi connectivity index (χ1) is 10.7. The number of halogens is 1. The molecular formula is C14H10ClN7. The highest BCUT2D eigenvalue weighted by molar-refractivity contribution is 6.31. The second-order valence-corrected chi connectivity index (χ2v) is 4.84. The minimum absolute atomic E-state index is 0.166. The van der Waals surface area contributed by atoms with Crippen LogP contribution in [-0.2, 0) is 7.05 Å². The molecule has 1 N–H and O–H groups in total. The van der Waals surface area contributed by atoms with Crippen LogP contribution in [0.4, 0.5) is 11.6 Å². The lowest BCUT2D eigenvalue weighted by Crippen LogP contribution is -1.98. The van der Waals surface area contributed by atoms with Crippen LogP contribution in [0.5, 0.6) is 0 Å². The molecule has 0 aliphatic rings. The summed E-state index contributed by atoms with van der Waals surface area (Å²) in [7, 11) is 1.82. The predicted octanol–water partition coefficient (Wildman–Crippen LogP) is 2.54. The van der Waals surface area contributed by atoms with Gasteiger partial charge in [0, 0.05) is 19.4 Å². The van der Waals surface area contributed by atoms with Gasteiger partial charge in [-0.1, -0.05) is 11.6 Å². The molecule has 7 nitrogen and oxygen atoms in total. The van der Waals surface area contributed by atoms with Gasteiger partial charge in [0.25, 0.3) is 0 Å². The molecule has 0 aliphatic heterocycles. The Kier molecular flexibility index (Phi) is 3.68. The average Bonchev–Trinajstić information content (AvgIpc) is 2.93. The van der Waals surface area contributed by atoms with Crippen molar-refractivity contribution in [1.29, 1.82) is 5.26 Å². The van der Waals surface area contributed by atoms with E-state index in [0.29, 0.717) is 22.4 Å². The van der Waals surface area contributed by atoms with Crippen molar-refractivity contribution in [2.75, 3.05) is 5.32 Å². The van der Waals surface area contributed by atoms with Gasteiger partial charge in [-0.3, -0.25) is 4.68 Å². The van der Waals surface area contributed by atoms with E-state index in [9.17, 15) is 0 Å². The van der Waals surface area contributed by atoms with E-state index < -0.39 is 0 Å². The van der Waals surface area contributed by atoms with Crippen LogP contribution in [0.25, 0.3) is 11.4 Å². The van der Waals surface area contributed by atoms with Gasteiger partial charge in [-0.15, -0.1) is 0 Å². The molecule has 0 amide bonds. The van der Waals surface area contributed by atoms with Crippen LogP contribution in [0, 0.1) is 11.3 Å². The highest BCUT2D eigenvalue weighted by Gasteiger charge is 2.08. The second kappa shape index (κ2) is 5.79. The number of hydrogen-bond acceptors (Lipinski definition) is 6. The van der Waals surface area contributed by atoms with Crippen LogP contribution in [0.15, 0.2) is 36.8 Å². The summed E-state index contributed by atoms with van der Waals surface area (Å²) in [4.78, 5) is 12.7. The third kappa shape index (κ3) is 2.87. The number of nitriles is 1. The van der Waals surface area contributed by atoms with Crippen LogP contribution in [0.1, 0.15) is 5.69 Å². The maximum atomic E-state index is 8.99. The van der Waals surface area contributed by atoms with Crippen molar-refractivity contribution in [3.8, 4) is 17.5 Å². The molecule has 0 unspecified atom stereocenters. The second-order valence-electron chi connectivity index (χ2n) is 4.43. The first-order valence-electron chi connectivity index (χ1n) is 6.31. The fraction of sp³-hybridized carbons (Fsp3) is 0.0714. The molecule has 0 spiro atoms. The zero-order valence-electron chi connectivity index (χ0n) is 11.5. The summed E-state index contributed by atoms with van der Waals surface area (Å²) in [6.45, 7) is 0. The fourth-order valence-electron chi connectivity index (χ4n) is 1.84. The number of aromatic nitrogens is 5. The summed E-state index contributed by atoms with van der Waals surface area (Å²) in [5.74, 6) is 0.417. The molecule has 0 aromatic carbocycles. The molecule has 0 saturated carbocycles. The molecule has 0 saturated heterocycles. The Morgan fingerprint density at radius 3 is 2.77 bits per heavy atom. The van der Waals surface area contributed by atoms with Crippen LogP contribution in [-0.4, -0.2) is 24.7 Å². The van der Waals surface area contributed by atoms with Crippen molar-refractivity contribution >= 4 is 23.2 Å². The van der Waals surface area contributed by atoms with Crippen molar-refractivity contribution < 1.29 is 0 Å².